The summed E-state index contributed by atoms with van der Waals surface area (Å²) in [6.45, 7) is 0. The van der Waals surface area contributed by atoms with Gasteiger partial charge < -0.3 is 0 Å². The number of benzene rings is 2. The molecule has 0 aliphatic rings. The van der Waals surface area contributed by atoms with E-state index in [0.717, 1.165) is 0 Å². The van der Waals surface area contributed by atoms with Crippen LogP contribution in [-0.4, -0.2) is 19.8 Å². The molecule has 0 radical (unpaired) electrons. The molecule has 0 heterocycles. The molecule has 0 aliphatic carbocycles. The minimum absolute atomic E-state index is 0. The number of fused-ring (bicyclic) bond motifs is 1. The number of hydrogen-bond acceptors (Lipinski definition) is 0. The Morgan fingerprint density at radius 3 is 1.09 bits per heavy atom. The zero-order valence-electron chi connectivity index (χ0n) is 5.62. The summed E-state index contributed by atoms with van der Waals surface area (Å²) in [6, 6.07) is 16.7. The number of rotatable bonds is 0. The van der Waals surface area contributed by atoms with Crippen LogP contribution in [0.4, 0.5) is 0 Å². The maximum absolute atomic E-state index is 2.12. The van der Waals surface area contributed by atoms with Gasteiger partial charge in [-0.2, -0.15) is 0 Å². The van der Waals surface area contributed by atoms with Crippen molar-refractivity contribution in [2.45, 2.75) is 0 Å². The van der Waals surface area contributed by atoms with Gasteiger partial charge in [-0.25, -0.2) is 0 Å². The molecule has 0 N–H and O–H groups in total. The molecule has 0 fully saturated rings. The van der Waals surface area contributed by atoms with Gasteiger partial charge in [0.25, 0.3) is 0 Å². The fraction of sp³-hybridized carbons (Fsp3) is 0. The summed E-state index contributed by atoms with van der Waals surface area (Å²) in [6.07, 6.45) is 0. The predicted molar refractivity (Wildman–Crippen MR) is 53.9 cm³/mol. The van der Waals surface area contributed by atoms with Crippen LogP contribution >= 0.6 is 0 Å². The van der Waals surface area contributed by atoms with Gasteiger partial charge >= 0.3 is 19.8 Å². The van der Waals surface area contributed by atoms with E-state index < -0.39 is 0 Å². The van der Waals surface area contributed by atoms with Crippen LogP contribution in [-0.2, 0) is 0 Å². The monoisotopic (exact) mass is 200 g/mol. The van der Waals surface area contributed by atoms with Gasteiger partial charge in [0.05, 0.1) is 0 Å². The van der Waals surface area contributed by atoms with Crippen LogP contribution in [0.5, 0.6) is 0 Å². The molecule has 11 heavy (non-hydrogen) atoms. The first kappa shape index (κ1) is 8.43. The van der Waals surface area contributed by atoms with Gasteiger partial charge in [0.2, 0.25) is 0 Å². The van der Waals surface area contributed by atoms with Gasteiger partial charge in [-0.15, -0.1) is 0 Å². The van der Waals surface area contributed by atoms with E-state index in [9.17, 15) is 0 Å². The van der Waals surface area contributed by atoms with Crippen LogP contribution in [0.1, 0.15) is 0 Å². The van der Waals surface area contributed by atoms with Gasteiger partial charge in [0.1, 0.15) is 0 Å². The van der Waals surface area contributed by atoms with Crippen molar-refractivity contribution in [1.82, 2.24) is 0 Å². The van der Waals surface area contributed by atoms with Crippen molar-refractivity contribution in [3.63, 3.8) is 0 Å². The second-order valence-corrected chi connectivity index (χ2v) is 2.35. The third-order valence-electron chi connectivity index (χ3n) is 1.66. The standard InChI is InChI=1S/C10H8.Ga.3H/c1-2-6-10-8-4-3-7-9(10)5-1;;;;/h1-8H;;;;. The molecule has 0 nitrogen and oxygen atoms in total. The van der Waals surface area contributed by atoms with E-state index in [-0.39, 0.29) is 19.8 Å². The van der Waals surface area contributed by atoms with Crippen molar-refractivity contribution in [3.8, 4) is 0 Å². The second kappa shape index (κ2) is 3.65. The van der Waals surface area contributed by atoms with Crippen LogP contribution in [0.25, 0.3) is 10.8 Å². The zero-order chi connectivity index (χ0) is 6.81. The van der Waals surface area contributed by atoms with E-state index in [1.165, 1.54) is 10.8 Å². The quantitative estimate of drug-likeness (QED) is 0.568. The van der Waals surface area contributed by atoms with E-state index >= 15 is 0 Å². The molecule has 0 saturated heterocycles. The van der Waals surface area contributed by atoms with E-state index in [1.807, 2.05) is 0 Å². The minimum atomic E-state index is 0. The van der Waals surface area contributed by atoms with Gasteiger partial charge in [0.15, 0.2) is 0 Å². The Balaban J connectivity index is 0.000000605. The third-order valence-corrected chi connectivity index (χ3v) is 1.66. The van der Waals surface area contributed by atoms with Crippen molar-refractivity contribution in [2.75, 3.05) is 0 Å². The molecule has 0 bridgehead atoms. The molecular formula is C10H11Ga. The molecule has 0 unspecified atom stereocenters. The normalized spacial score (nSPS) is 9.09. The average Bonchev–Trinajstić information content (AvgIpc) is 2.05. The van der Waals surface area contributed by atoms with Gasteiger partial charge in [-0.3, -0.25) is 0 Å². The van der Waals surface area contributed by atoms with E-state index in [1.54, 1.807) is 0 Å². The first-order valence-electron chi connectivity index (χ1n) is 3.40. The van der Waals surface area contributed by atoms with Crippen molar-refractivity contribution in [3.05, 3.63) is 48.5 Å². The van der Waals surface area contributed by atoms with Gasteiger partial charge in [0, 0.05) is 0 Å². The van der Waals surface area contributed by atoms with Gasteiger partial charge in [-0.1, -0.05) is 48.5 Å². The molecule has 54 valence electrons. The Morgan fingerprint density at radius 2 is 0.818 bits per heavy atom. The molecule has 0 saturated carbocycles. The van der Waals surface area contributed by atoms with Gasteiger partial charge in [-0.05, 0) is 10.8 Å². The zero-order valence-corrected chi connectivity index (χ0v) is 5.62. The Kier molecular flexibility index (Phi) is 2.80. The summed E-state index contributed by atoms with van der Waals surface area (Å²) < 4.78 is 0. The molecule has 2 aromatic rings. The van der Waals surface area contributed by atoms with Crippen LogP contribution in [0, 0.1) is 0 Å². The largest absolute Gasteiger partial charge is 0.0616 e. The molecular weight excluding hydrogens is 190 g/mol. The molecule has 2 aromatic carbocycles. The van der Waals surface area contributed by atoms with Crippen molar-refractivity contribution < 1.29 is 0 Å². The Hall–Kier alpha value is -0.664. The molecule has 0 atom stereocenters. The van der Waals surface area contributed by atoms with Crippen molar-refractivity contribution in [2.24, 2.45) is 0 Å². The molecule has 0 amide bonds. The van der Waals surface area contributed by atoms with Crippen LogP contribution in [0.15, 0.2) is 48.5 Å². The Bertz CT molecular complexity index is 276. The second-order valence-electron chi connectivity index (χ2n) is 2.35. The summed E-state index contributed by atoms with van der Waals surface area (Å²) in [5.41, 5.74) is 0. The fourth-order valence-electron chi connectivity index (χ4n) is 1.13. The fourth-order valence-corrected chi connectivity index (χ4v) is 1.13. The van der Waals surface area contributed by atoms with Crippen molar-refractivity contribution >= 4 is 30.6 Å². The van der Waals surface area contributed by atoms with Crippen LogP contribution < -0.4 is 0 Å². The van der Waals surface area contributed by atoms with E-state index in [0.29, 0.717) is 0 Å². The molecule has 0 aromatic heterocycles. The first-order chi connectivity index (χ1) is 4.97. The maximum Gasteiger partial charge on any atom is -0.0184 e. The summed E-state index contributed by atoms with van der Waals surface area (Å²) in [4.78, 5) is 0. The minimum Gasteiger partial charge on any atom is -0.0616 e. The summed E-state index contributed by atoms with van der Waals surface area (Å²) >= 11 is 0. The maximum atomic E-state index is 2.12. The Morgan fingerprint density at radius 1 is 0.545 bits per heavy atom. The Labute approximate surface area is 79.3 Å². The van der Waals surface area contributed by atoms with Crippen LogP contribution in [0.3, 0.4) is 0 Å². The molecule has 1 heteroatoms. The summed E-state index contributed by atoms with van der Waals surface area (Å²) in [5.74, 6) is 0. The van der Waals surface area contributed by atoms with E-state index in [4.69, 9.17) is 0 Å². The molecule has 0 aliphatic heterocycles. The molecule has 2 rings (SSSR count). The predicted octanol–water partition coefficient (Wildman–Crippen LogP) is 1.66. The average molecular weight is 201 g/mol. The summed E-state index contributed by atoms with van der Waals surface area (Å²) in [5, 5.41) is 2.62. The number of hydrogen-bond donors (Lipinski definition) is 0. The topological polar surface area (TPSA) is 0 Å². The summed E-state index contributed by atoms with van der Waals surface area (Å²) in [7, 11) is 0. The van der Waals surface area contributed by atoms with E-state index in [2.05, 4.69) is 48.5 Å². The SMILES string of the molecule is [GaH3].c1ccc2ccccc2c1. The van der Waals surface area contributed by atoms with Crippen LogP contribution in [0.2, 0.25) is 0 Å². The van der Waals surface area contributed by atoms with Crippen molar-refractivity contribution in [1.29, 1.82) is 0 Å². The first-order valence-corrected chi connectivity index (χ1v) is 3.40. The third kappa shape index (κ3) is 1.67. The molecule has 0 spiro atoms. The smallest absolute Gasteiger partial charge is 0.0184 e.